The summed E-state index contributed by atoms with van der Waals surface area (Å²) in [5.41, 5.74) is 1.77. The van der Waals surface area contributed by atoms with Gasteiger partial charge in [-0.2, -0.15) is 4.98 Å². The summed E-state index contributed by atoms with van der Waals surface area (Å²) in [6, 6.07) is 1.47. The third-order valence-electron chi connectivity index (χ3n) is 2.96. The molecule has 0 aromatic carbocycles. The van der Waals surface area contributed by atoms with Gasteiger partial charge in [-0.25, -0.2) is 14.8 Å². The van der Waals surface area contributed by atoms with Crippen LogP contribution in [0.2, 0.25) is 0 Å². The lowest BCUT2D eigenvalue weighted by atomic mass is 10.2. The lowest BCUT2D eigenvalue weighted by Gasteiger charge is -2.16. The van der Waals surface area contributed by atoms with Gasteiger partial charge in [-0.15, -0.1) is 0 Å². The van der Waals surface area contributed by atoms with Crippen LogP contribution in [0.1, 0.15) is 12.6 Å². The number of aromatic nitrogens is 2. The van der Waals surface area contributed by atoms with Gasteiger partial charge in [0.1, 0.15) is 12.3 Å². The normalized spacial score (nSPS) is 25.4. The Bertz CT molecular complexity index is 616. The Labute approximate surface area is 124 Å². The van der Waals surface area contributed by atoms with Crippen molar-refractivity contribution < 1.29 is 33.6 Å². The van der Waals surface area contributed by atoms with Gasteiger partial charge in [0.15, 0.2) is 5.82 Å². The summed E-state index contributed by atoms with van der Waals surface area (Å²) in [4.78, 5) is 37.5. The first-order chi connectivity index (χ1) is 10.3. The van der Waals surface area contributed by atoms with Crippen LogP contribution in [-0.2, 0) is 18.7 Å². The predicted molar refractivity (Wildman–Crippen MR) is 71.7 cm³/mol. The number of rotatable bonds is 6. The SMILES string of the molecule is CONc1ccn([C@H]2C[C@H](O)[C@@H](COP(=O)(O)O)O2)c(=O)n1. The maximum Gasteiger partial charge on any atom is 0.469 e. The molecule has 11 nitrogen and oxygen atoms in total. The highest BCUT2D eigenvalue weighted by Crippen LogP contribution is 2.38. The molecule has 0 amide bonds. The first kappa shape index (κ1) is 17.0. The Morgan fingerprint density at radius 1 is 1.59 bits per heavy atom. The zero-order valence-electron chi connectivity index (χ0n) is 11.5. The molecule has 22 heavy (non-hydrogen) atoms. The molecule has 0 unspecified atom stereocenters. The smallest absolute Gasteiger partial charge is 0.390 e. The number of nitrogens with zero attached hydrogens (tertiary/aromatic N) is 2. The molecule has 1 aromatic heterocycles. The molecule has 0 spiro atoms. The largest absolute Gasteiger partial charge is 0.469 e. The summed E-state index contributed by atoms with van der Waals surface area (Å²) < 4.78 is 21.5. The Hall–Kier alpha value is -1.33. The topological polar surface area (TPSA) is 152 Å². The second-order valence-corrected chi connectivity index (χ2v) is 5.77. The Morgan fingerprint density at radius 3 is 2.91 bits per heavy atom. The van der Waals surface area contributed by atoms with Gasteiger partial charge in [0, 0.05) is 12.6 Å². The minimum absolute atomic E-state index is 0.0633. The fourth-order valence-corrected chi connectivity index (χ4v) is 2.34. The van der Waals surface area contributed by atoms with Crippen molar-refractivity contribution in [2.24, 2.45) is 0 Å². The van der Waals surface area contributed by atoms with E-state index >= 15 is 0 Å². The molecule has 124 valence electrons. The highest BCUT2D eigenvalue weighted by molar-refractivity contribution is 7.46. The third kappa shape index (κ3) is 4.34. The number of aliphatic hydroxyl groups excluding tert-OH is 1. The van der Waals surface area contributed by atoms with Crippen LogP contribution in [0.4, 0.5) is 5.82 Å². The number of anilines is 1. The average molecular weight is 337 g/mol. The second kappa shape index (κ2) is 6.84. The van der Waals surface area contributed by atoms with Crippen LogP contribution in [0, 0.1) is 0 Å². The molecule has 1 aliphatic rings. The van der Waals surface area contributed by atoms with Crippen LogP contribution in [-0.4, -0.2) is 50.4 Å². The van der Waals surface area contributed by atoms with Crippen LogP contribution in [0.3, 0.4) is 0 Å². The highest BCUT2D eigenvalue weighted by Gasteiger charge is 2.37. The van der Waals surface area contributed by atoms with E-state index in [1.54, 1.807) is 0 Å². The van der Waals surface area contributed by atoms with E-state index in [4.69, 9.17) is 14.5 Å². The fourth-order valence-electron chi connectivity index (χ4n) is 2.00. The molecule has 3 atom stereocenters. The van der Waals surface area contributed by atoms with Crippen molar-refractivity contribution >= 4 is 13.6 Å². The van der Waals surface area contributed by atoms with E-state index in [9.17, 15) is 14.5 Å². The van der Waals surface area contributed by atoms with Crippen LogP contribution < -0.4 is 11.2 Å². The van der Waals surface area contributed by atoms with Gasteiger partial charge < -0.3 is 19.6 Å². The zero-order chi connectivity index (χ0) is 16.3. The van der Waals surface area contributed by atoms with Crippen molar-refractivity contribution in [3.63, 3.8) is 0 Å². The summed E-state index contributed by atoms with van der Waals surface area (Å²) in [5, 5.41) is 9.82. The lowest BCUT2D eigenvalue weighted by molar-refractivity contribution is -0.0450. The number of hydrogen-bond acceptors (Lipinski definition) is 8. The third-order valence-corrected chi connectivity index (χ3v) is 3.44. The number of ether oxygens (including phenoxy) is 1. The maximum atomic E-state index is 11.9. The van der Waals surface area contributed by atoms with Gasteiger partial charge in [-0.3, -0.25) is 13.9 Å². The van der Waals surface area contributed by atoms with Crippen molar-refractivity contribution in [2.45, 2.75) is 24.9 Å². The monoisotopic (exact) mass is 337 g/mol. The summed E-state index contributed by atoms with van der Waals surface area (Å²) in [7, 11) is -3.28. The molecule has 12 heteroatoms. The minimum Gasteiger partial charge on any atom is -0.390 e. The Balaban J connectivity index is 2.05. The molecule has 4 N–H and O–H groups in total. The minimum atomic E-state index is -4.65. The standard InChI is InChI=1S/C10H16N3O8P/c1-19-12-8-2-3-13(10(15)11-8)9-4-6(14)7(21-9)5-20-22(16,17)18/h2-3,6-7,9,14H,4-5H2,1H3,(H,11,12,15)(H2,16,17,18)/t6-,7+,9+/m0/s1. The van der Waals surface area contributed by atoms with Crippen LogP contribution in [0.25, 0.3) is 0 Å². The molecule has 1 aliphatic heterocycles. The first-order valence-electron chi connectivity index (χ1n) is 6.22. The van der Waals surface area contributed by atoms with Crippen molar-refractivity contribution in [2.75, 3.05) is 19.2 Å². The number of aliphatic hydroxyl groups is 1. The second-order valence-electron chi connectivity index (χ2n) is 4.53. The van der Waals surface area contributed by atoms with Gasteiger partial charge in [-0.1, -0.05) is 0 Å². The van der Waals surface area contributed by atoms with Gasteiger partial charge in [-0.05, 0) is 6.07 Å². The molecule has 1 saturated heterocycles. The van der Waals surface area contributed by atoms with E-state index in [-0.39, 0.29) is 12.2 Å². The van der Waals surface area contributed by atoms with E-state index < -0.39 is 38.6 Å². The number of phosphoric ester groups is 1. The number of nitrogens with one attached hydrogen (secondary N) is 1. The molecule has 2 rings (SSSR count). The zero-order valence-corrected chi connectivity index (χ0v) is 12.4. The van der Waals surface area contributed by atoms with E-state index in [0.717, 1.165) is 4.57 Å². The predicted octanol–water partition coefficient (Wildman–Crippen LogP) is -1.03. The Morgan fingerprint density at radius 2 is 2.32 bits per heavy atom. The number of hydrogen-bond donors (Lipinski definition) is 4. The Kier molecular flexibility index (Phi) is 5.29. The quantitative estimate of drug-likeness (QED) is 0.374. The molecular weight excluding hydrogens is 321 g/mol. The highest BCUT2D eigenvalue weighted by atomic mass is 31.2. The number of phosphoric acid groups is 1. The molecule has 0 radical (unpaired) electrons. The van der Waals surface area contributed by atoms with E-state index in [1.165, 1.54) is 19.4 Å². The summed E-state index contributed by atoms with van der Waals surface area (Å²) >= 11 is 0. The van der Waals surface area contributed by atoms with Gasteiger partial charge in [0.05, 0.1) is 19.8 Å². The molecule has 2 heterocycles. The molecular formula is C10H16N3O8P. The van der Waals surface area contributed by atoms with E-state index in [2.05, 4.69) is 19.8 Å². The fraction of sp³-hybridized carbons (Fsp3) is 0.600. The first-order valence-corrected chi connectivity index (χ1v) is 7.75. The van der Waals surface area contributed by atoms with E-state index in [1.807, 2.05) is 0 Å². The van der Waals surface area contributed by atoms with Crippen LogP contribution in [0.5, 0.6) is 0 Å². The van der Waals surface area contributed by atoms with Crippen molar-refractivity contribution in [3.8, 4) is 0 Å². The summed E-state index contributed by atoms with van der Waals surface area (Å²) in [5.74, 6) is 0.212. The van der Waals surface area contributed by atoms with Crippen molar-refractivity contribution in [1.29, 1.82) is 0 Å². The molecule has 0 saturated carbocycles. The van der Waals surface area contributed by atoms with Gasteiger partial charge >= 0.3 is 13.5 Å². The van der Waals surface area contributed by atoms with Gasteiger partial charge in [0.25, 0.3) is 0 Å². The van der Waals surface area contributed by atoms with Crippen LogP contribution >= 0.6 is 7.82 Å². The van der Waals surface area contributed by atoms with E-state index in [0.29, 0.717) is 0 Å². The summed E-state index contributed by atoms with van der Waals surface area (Å²) in [6.07, 6.45) is -1.33. The summed E-state index contributed by atoms with van der Waals surface area (Å²) in [6.45, 7) is -0.493. The van der Waals surface area contributed by atoms with Crippen molar-refractivity contribution in [3.05, 3.63) is 22.7 Å². The molecule has 0 aliphatic carbocycles. The van der Waals surface area contributed by atoms with Crippen LogP contribution in [0.15, 0.2) is 17.1 Å². The molecule has 0 bridgehead atoms. The molecule has 1 fully saturated rings. The lowest BCUT2D eigenvalue weighted by Crippen LogP contribution is -2.28. The van der Waals surface area contributed by atoms with Gasteiger partial charge in [0.2, 0.25) is 0 Å². The molecule has 1 aromatic rings. The van der Waals surface area contributed by atoms with Crippen molar-refractivity contribution in [1.82, 2.24) is 9.55 Å². The average Bonchev–Trinajstić information content (AvgIpc) is 2.77. The maximum absolute atomic E-state index is 11.9.